The van der Waals surface area contributed by atoms with Gasteiger partial charge < -0.3 is 15.0 Å². The Hall–Kier alpha value is -1.55. The summed E-state index contributed by atoms with van der Waals surface area (Å²) in [5, 5.41) is 3.21. The van der Waals surface area contributed by atoms with Gasteiger partial charge in [0.15, 0.2) is 0 Å². The second-order valence-electron chi connectivity index (χ2n) is 4.96. The number of ether oxygens (including phenoxy) is 1. The molecule has 1 aromatic carbocycles. The number of para-hydroxylation sites is 1. The highest BCUT2D eigenvalue weighted by molar-refractivity contribution is 5.80. The van der Waals surface area contributed by atoms with Gasteiger partial charge in [-0.25, -0.2) is 0 Å². The summed E-state index contributed by atoms with van der Waals surface area (Å²) in [5.41, 5.74) is -0.0934. The van der Waals surface area contributed by atoms with Gasteiger partial charge in [0.05, 0.1) is 6.54 Å². The van der Waals surface area contributed by atoms with Crippen LogP contribution in [0.25, 0.3) is 0 Å². The molecule has 1 N–H and O–H groups in total. The second-order valence-corrected chi connectivity index (χ2v) is 4.96. The lowest BCUT2D eigenvalue weighted by Crippen LogP contribution is -2.42. The number of carbonyl (C=O) groups excluding carboxylic acids is 1. The Balaban J connectivity index is 1.79. The standard InChI is InChI=1S/C14H20N2O2/c1-14(15-2)10-13(17)16(11-14)8-9-18-12-6-4-3-5-7-12/h3-7,15H,8-11H2,1-2H3. The Morgan fingerprint density at radius 1 is 1.39 bits per heavy atom. The normalized spacial score (nSPS) is 23.4. The number of nitrogens with one attached hydrogen (secondary N) is 1. The Labute approximate surface area is 108 Å². The van der Waals surface area contributed by atoms with Crippen molar-refractivity contribution in [2.75, 3.05) is 26.7 Å². The van der Waals surface area contributed by atoms with Crippen LogP contribution in [-0.4, -0.2) is 43.1 Å². The first-order valence-corrected chi connectivity index (χ1v) is 6.27. The topological polar surface area (TPSA) is 41.6 Å². The highest BCUT2D eigenvalue weighted by Crippen LogP contribution is 2.21. The van der Waals surface area contributed by atoms with Crippen LogP contribution in [0.15, 0.2) is 30.3 Å². The van der Waals surface area contributed by atoms with Crippen LogP contribution < -0.4 is 10.1 Å². The zero-order valence-corrected chi connectivity index (χ0v) is 11.0. The Morgan fingerprint density at radius 2 is 2.11 bits per heavy atom. The van der Waals surface area contributed by atoms with E-state index in [1.54, 1.807) is 0 Å². The second kappa shape index (κ2) is 5.40. The molecule has 4 heteroatoms. The molecule has 4 nitrogen and oxygen atoms in total. The number of rotatable bonds is 5. The minimum absolute atomic E-state index is 0.0934. The van der Waals surface area contributed by atoms with Crippen molar-refractivity contribution >= 4 is 5.91 Å². The molecule has 1 heterocycles. The Morgan fingerprint density at radius 3 is 2.72 bits per heavy atom. The predicted octanol–water partition coefficient (Wildman–Crippen LogP) is 1.28. The van der Waals surface area contributed by atoms with Crippen LogP contribution in [0, 0.1) is 0 Å². The molecular weight excluding hydrogens is 228 g/mol. The van der Waals surface area contributed by atoms with E-state index in [9.17, 15) is 4.79 Å². The van der Waals surface area contributed by atoms with Crippen molar-refractivity contribution < 1.29 is 9.53 Å². The molecule has 2 rings (SSSR count). The first-order valence-electron chi connectivity index (χ1n) is 6.27. The van der Waals surface area contributed by atoms with E-state index in [-0.39, 0.29) is 11.4 Å². The van der Waals surface area contributed by atoms with E-state index >= 15 is 0 Å². The SMILES string of the molecule is CNC1(C)CC(=O)N(CCOc2ccccc2)C1. The van der Waals surface area contributed by atoms with Crippen molar-refractivity contribution in [3.05, 3.63) is 30.3 Å². The van der Waals surface area contributed by atoms with Crippen molar-refractivity contribution in [2.24, 2.45) is 0 Å². The summed E-state index contributed by atoms with van der Waals surface area (Å²) < 4.78 is 5.60. The maximum atomic E-state index is 11.8. The lowest BCUT2D eigenvalue weighted by Gasteiger charge is -2.23. The number of carbonyl (C=O) groups is 1. The van der Waals surface area contributed by atoms with Gasteiger partial charge in [0.1, 0.15) is 12.4 Å². The van der Waals surface area contributed by atoms with Gasteiger partial charge in [0.2, 0.25) is 5.91 Å². The third-order valence-corrected chi connectivity index (χ3v) is 3.41. The number of nitrogens with zero attached hydrogens (tertiary/aromatic N) is 1. The number of likely N-dealkylation sites (N-methyl/N-ethyl adjacent to an activating group) is 1. The average molecular weight is 248 g/mol. The first-order chi connectivity index (χ1) is 8.63. The summed E-state index contributed by atoms with van der Waals surface area (Å²) in [5.74, 6) is 1.05. The molecule has 0 saturated carbocycles. The molecule has 1 atom stereocenters. The van der Waals surface area contributed by atoms with Crippen molar-refractivity contribution in [1.29, 1.82) is 0 Å². The van der Waals surface area contributed by atoms with Crippen LogP contribution in [0.3, 0.4) is 0 Å². The molecule has 0 aliphatic carbocycles. The van der Waals surface area contributed by atoms with E-state index in [1.165, 1.54) is 0 Å². The molecule has 1 aromatic rings. The van der Waals surface area contributed by atoms with Gasteiger partial charge in [-0.3, -0.25) is 4.79 Å². The van der Waals surface area contributed by atoms with Crippen molar-refractivity contribution in [1.82, 2.24) is 10.2 Å². The number of likely N-dealkylation sites (tertiary alicyclic amines) is 1. The van der Waals surface area contributed by atoms with Gasteiger partial charge in [-0.15, -0.1) is 0 Å². The molecule has 1 aliphatic heterocycles. The molecular formula is C14H20N2O2. The molecule has 0 bridgehead atoms. The van der Waals surface area contributed by atoms with Gasteiger partial charge in [0.25, 0.3) is 0 Å². The monoisotopic (exact) mass is 248 g/mol. The summed E-state index contributed by atoms with van der Waals surface area (Å²) in [6, 6.07) is 9.67. The van der Waals surface area contributed by atoms with E-state index in [0.717, 1.165) is 12.3 Å². The largest absolute Gasteiger partial charge is 0.492 e. The third kappa shape index (κ3) is 3.01. The van der Waals surface area contributed by atoms with Gasteiger partial charge >= 0.3 is 0 Å². The van der Waals surface area contributed by atoms with E-state index in [4.69, 9.17) is 4.74 Å². The fourth-order valence-electron chi connectivity index (χ4n) is 2.17. The molecule has 0 radical (unpaired) electrons. The van der Waals surface area contributed by atoms with Crippen LogP contribution in [0.4, 0.5) is 0 Å². The van der Waals surface area contributed by atoms with Gasteiger partial charge in [0, 0.05) is 18.5 Å². The lowest BCUT2D eigenvalue weighted by atomic mass is 10.0. The fourth-order valence-corrected chi connectivity index (χ4v) is 2.17. The van der Waals surface area contributed by atoms with Gasteiger partial charge in [-0.1, -0.05) is 18.2 Å². The summed E-state index contributed by atoms with van der Waals surface area (Å²) in [7, 11) is 1.90. The Kier molecular flexibility index (Phi) is 3.87. The number of benzene rings is 1. The molecule has 1 unspecified atom stereocenters. The maximum Gasteiger partial charge on any atom is 0.224 e. The van der Waals surface area contributed by atoms with Crippen LogP contribution in [0.2, 0.25) is 0 Å². The summed E-state index contributed by atoms with van der Waals surface area (Å²) in [6.07, 6.45) is 0.564. The molecule has 18 heavy (non-hydrogen) atoms. The number of hydrogen-bond donors (Lipinski definition) is 1. The van der Waals surface area contributed by atoms with Crippen LogP contribution in [-0.2, 0) is 4.79 Å². The molecule has 0 aromatic heterocycles. The van der Waals surface area contributed by atoms with E-state index in [0.29, 0.717) is 19.6 Å². The van der Waals surface area contributed by atoms with Crippen LogP contribution in [0.1, 0.15) is 13.3 Å². The smallest absolute Gasteiger partial charge is 0.224 e. The highest BCUT2D eigenvalue weighted by Gasteiger charge is 2.37. The first kappa shape index (κ1) is 12.9. The highest BCUT2D eigenvalue weighted by atomic mass is 16.5. The fraction of sp³-hybridized carbons (Fsp3) is 0.500. The van der Waals surface area contributed by atoms with Crippen molar-refractivity contribution in [3.8, 4) is 5.75 Å². The number of amides is 1. The van der Waals surface area contributed by atoms with Crippen LogP contribution >= 0.6 is 0 Å². The van der Waals surface area contributed by atoms with Crippen molar-refractivity contribution in [2.45, 2.75) is 18.9 Å². The van der Waals surface area contributed by atoms with E-state index in [1.807, 2.05) is 42.3 Å². The zero-order chi connectivity index (χ0) is 13.0. The van der Waals surface area contributed by atoms with Gasteiger partial charge in [-0.05, 0) is 26.1 Å². The zero-order valence-electron chi connectivity index (χ0n) is 11.0. The van der Waals surface area contributed by atoms with Gasteiger partial charge in [-0.2, -0.15) is 0 Å². The predicted molar refractivity (Wildman–Crippen MR) is 70.6 cm³/mol. The lowest BCUT2D eigenvalue weighted by molar-refractivity contribution is -0.128. The van der Waals surface area contributed by atoms with E-state index in [2.05, 4.69) is 12.2 Å². The number of hydrogen-bond acceptors (Lipinski definition) is 3. The molecule has 98 valence electrons. The maximum absolute atomic E-state index is 11.8. The molecule has 1 amide bonds. The summed E-state index contributed by atoms with van der Waals surface area (Å²) >= 11 is 0. The summed E-state index contributed by atoms with van der Waals surface area (Å²) in [4.78, 5) is 13.7. The molecule has 1 aliphatic rings. The molecule has 0 spiro atoms. The Bertz CT molecular complexity index is 408. The minimum Gasteiger partial charge on any atom is -0.492 e. The average Bonchev–Trinajstić information content (AvgIpc) is 2.67. The van der Waals surface area contributed by atoms with Crippen LogP contribution in [0.5, 0.6) is 5.75 Å². The molecule has 1 saturated heterocycles. The summed E-state index contributed by atoms with van der Waals surface area (Å²) in [6.45, 7) is 4.00. The molecule has 1 fully saturated rings. The minimum atomic E-state index is -0.0934. The third-order valence-electron chi connectivity index (χ3n) is 3.41. The van der Waals surface area contributed by atoms with Crippen molar-refractivity contribution in [3.63, 3.8) is 0 Å². The van der Waals surface area contributed by atoms with E-state index < -0.39 is 0 Å². The quantitative estimate of drug-likeness (QED) is 0.853.